The number of rotatable bonds is 2. The third-order valence-corrected chi connectivity index (χ3v) is 8.03. The number of thiocarbonyl (C=S) groups is 1. The summed E-state index contributed by atoms with van der Waals surface area (Å²) in [6, 6.07) is 9.19. The van der Waals surface area contributed by atoms with Gasteiger partial charge in [0, 0.05) is 11.1 Å². The van der Waals surface area contributed by atoms with Crippen LogP contribution in [0.25, 0.3) is 0 Å². The normalized spacial score (nSPS) is 21.0. The van der Waals surface area contributed by atoms with Gasteiger partial charge in [0.25, 0.3) is 16.9 Å². The molecule has 212 valence electrons. The van der Waals surface area contributed by atoms with Crippen LogP contribution in [0, 0.1) is 0 Å². The van der Waals surface area contributed by atoms with E-state index in [0.29, 0.717) is 23.3 Å². The van der Waals surface area contributed by atoms with E-state index in [1.54, 1.807) is 0 Å². The Bertz CT molecular complexity index is 1430. The topological polar surface area (TPSA) is 84.0 Å². The Morgan fingerprint density at radius 1 is 0.878 bits per heavy atom. The van der Waals surface area contributed by atoms with Crippen LogP contribution in [-0.2, 0) is 23.9 Å². The van der Waals surface area contributed by atoms with Gasteiger partial charge in [-0.1, -0.05) is 85.5 Å². The molecule has 0 saturated carbocycles. The summed E-state index contributed by atoms with van der Waals surface area (Å²) < 4.78 is 5.11. The molecule has 0 aromatic heterocycles. The van der Waals surface area contributed by atoms with E-state index in [9.17, 15) is 19.2 Å². The average molecular weight is 589 g/mol. The summed E-state index contributed by atoms with van der Waals surface area (Å²) in [5, 5.41) is -0.298. The second-order valence-electron chi connectivity index (χ2n) is 10.5. The second kappa shape index (κ2) is 12.8. The summed E-state index contributed by atoms with van der Waals surface area (Å²) in [6.07, 6.45) is 17.3. The second-order valence-corrected chi connectivity index (χ2v) is 12.0. The number of esters is 1. The maximum Gasteiger partial charge on any atom is 0.325 e. The molecule has 0 bridgehead atoms. The number of hydrogen-bond donors (Lipinski definition) is 0. The van der Waals surface area contributed by atoms with Crippen LogP contribution in [0.1, 0.15) is 47.0 Å². The van der Waals surface area contributed by atoms with Gasteiger partial charge < -0.3 is 4.74 Å². The molecule has 2 fully saturated rings. The summed E-state index contributed by atoms with van der Waals surface area (Å²) in [5.41, 5.74) is 1.57. The number of hydrogen-bond acceptors (Lipinski definition) is 7. The van der Waals surface area contributed by atoms with E-state index in [1.807, 2.05) is 107 Å². The predicted molar refractivity (Wildman–Crippen MR) is 166 cm³/mol. The molecular weight excluding hydrogens is 556 g/mol. The highest BCUT2D eigenvalue weighted by molar-refractivity contribution is 8.15. The van der Waals surface area contributed by atoms with Crippen LogP contribution in [0.3, 0.4) is 0 Å². The molecular formula is C32H32N2O5S2. The third kappa shape index (κ3) is 6.57. The minimum atomic E-state index is -0.546. The lowest BCUT2D eigenvalue weighted by molar-refractivity contribution is -0.142. The van der Waals surface area contributed by atoms with Crippen LogP contribution in [0.15, 0.2) is 101 Å². The van der Waals surface area contributed by atoms with Crippen molar-refractivity contribution in [1.29, 1.82) is 0 Å². The van der Waals surface area contributed by atoms with E-state index in [4.69, 9.17) is 17.0 Å². The number of ether oxygens (including phenoxy) is 1. The van der Waals surface area contributed by atoms with Crippen molar-refractivity contribution in [3.8, 4) is 0 Å². The molecule has 2 aliphatic heterocycles. The maximum absolute atomic E-state index is 13.2. The minimum absolute atomic E-state index is 0.152. The van der Waals surface area contributed by atoms with E-state index in [0.717, 1.165) is 24.6 Å². The van der Waals surface area contributed by atoms with Gasteiger partial charge in [-0.2, -0.15) is 0 Å². The molecule has 0 radical (unpaired) electrons. The van der Waals surface area contributed by atoms with E-state index in [-0.39, 0.29) is 44.6 Å². The van der Waals surface area contributed by atoms with Crippen LogP contribution in [0.4, 0.5) is 5.69 Å². The van der Waals surface area contributed by atoms with E-state index < -0.39 is 5.54 Å². The Morgan fingerprint density at radius 3 is 1.98 bits per heavy atom. The van der Waals surface area contributed by atoms with Crippen molar-refractivity contribution in [3.05, 3.63) is 101 Å². The van der Waals surface area contributed by atoms with Crippen LogP contribution >= 0.6 is 24.0 Å². The highest BCUT2D eigenvalue weighted by Gasteiger charge is 2.45. The first kappa shape index (κ1) is 30.1. The number of para-hydroxylation sites is 1. The standard InChI is InChI=1S/C20H20N2O2S.C12H12O3S/c1-20(2,3)22-18(24)16(14-10-6-4-7-11-14)17(23)21(19(22)25)15-12-8-5-9-13-15;1-2-9-11(13)15-10(12(14)16-9)8-6-4-3-5-7-8/h5-13H,4H2,1-3H3;4-7,9H,2-3H2,1H3. The quantitative estimate of drug-likeness (QED) is 0.178. The van der Waals surface area contributed by atoms with Gasteiger partial charge in [-0.15, -0.1) is 0 Å². The number of thioether (sulfide) groups is 1. The van der Waals surface area contributed by atoms with Gasteiger partial charge in [0.15, 0.2) is 10.9 Å². The Labute approximate surface area is 250 Å². The van der Waals surface area contributed by atoms with Crippen LogP contribution in [-0.4, -0.2) is 43.7 Å². The molecule has 2 heterocycles. The molecule has 1 aromatic rings. The maximum atomic E-state index is 13.2. The fourth-order valence-corrected chi connectivity index (χ4v) is 5.85. The van der Waals surface area contributed by atoms with E-state index >= 15 is 0 Å². The number of carbonyl (C=O) groups is 4. The summed E-state index contributed by atoms with van der Waals surface area (Å²) in [4.78, 5) is 52.6. The van der Waals surface area contributed by atoms with Crippen molar-refractivity contribution in [2.45, 2.75) is 57.7 Å². The van der Waals surface area contributed by atoms with Gasteiger partial charge in [0.1, 0.15) is 10.8 Å². The molecule has 0 spiro atoms. The molecule has 1 atom stereocenters. The van der Waals surface area contributed by atoms with Crippen molar-refractivity contribution in [2.75, 3.05) is 4.90 Å². The Morgan fingerprint density at radius 2 is 1.44 bits per heavy atom. The number of carbonyl (C=O) groups excluding carboxylic acids is 4. The van der Waals surface area contributed by atoms with Crippen molar-refractivity contribution in [1.82, 2.24) is 4.90 Å². The minimum Gasteiger partial charge on any atom is -0.420 e. The Kier molecular flexibility index (Phi) is 9.40. The Hall–Kier alpha value is -3.82. The zero-order chi connectivity index (χ0) is 29.7. The largest absolute Gasteiger partial charge is 0.420 e. The summed E-state index contributed by atoms with van der Waals surface area (Å²) in [6.45, 7) is 7.59. The number of cyclic esters (lactones) is 1. The fourth-order valence-electron chi connectivity index (χ4n) is 4.46. The van der Waals surface area contributed by atoms with E-state index in [1.165, 1.54) is 9.80 Å². The molecule has 9 heteroatoms. The molecule has 7 nitrogen and oxygen atoms in total. The molecule has 2 amide bonds. The number of nitrogens with zero attached hydrogens (tertiary/aromatic N) is 2. The molecule has 0 N–H and O–H groups in total. The lowest BCUT2D eigenvalue weighted by Crippen LogP contribution is -2.62. The number of anilines is 1. The molecule has 1 aromatic carbocycles. The zero-order valence-corrected chi connectivity index (χ0v) is 25.1. The number of allylic oxidation sites excluding steroid dienone is 10. The molecule has 2 saturated heterocycles. The predicted octanol–water partition coefficient (Wildman–Crippen LogP) is 6.11. The first-order valence-corrected chi connectivity index (χ1v) is 14.7. The van der Waals surface area contributed by atoms with Crippen molar-refractivity contribution < 1.29 is 23.9 Å². The summed E-state index contributed by atoms with van der Waals surface area (Å²) >= 11 is 6.60. The first-order chi connectivity index (χ1) is 19.5. The van der Waals surface area contributed by atoms with Crippen LogP contribution in [0.2, 0.25) is 0 Å². The molecule has 4 aliphatic rings. The average Bonchev–Trinajstić information content (AvgIpc) is 2.95. The summed E-state index contributed by atoms with van der Waals surface area (Å²) in [7, 11) is 0. The van der Waals surface area contributed by atoms with Crippen molar-refractivity contribution in [2.24, 2.45) is 0 Å². The van der Waals surface area contributed by atoms with Crippen molar-refractivity contribution in [3.63, 3.8) is 0 Å². The van der Waals surface area contributed by atoms with Crippen molar-refractivity contribution >= 4 is 57.7 Å². The number of amides is 2. The molecule has 1 unspecified atom stereocenters. The van der Waals surface area contributed by atoms with Crippen LogP contribution < -0.4 is 4.90 Å². The fraction of sp³-hybridized carbons (Fsp3) is 0.281. The SMILES string of the molecule is CC(C)(C)N1C(=O)C(=C2C=CCC=C2)C(=O)N(c2ccccc2)C1=S.CCC1SC(=O)C(=C2C=CCC=C2)OC1=O. The van der Waals surface area contributed by atoms with Gasteiger partial charge in [-0.25, -0.2) is 0 Å². The lowest BCUT2D eigenvalue weighted by Gasteiger charge is -2.43. The van der Waals surface area contributed by atoms with Gasteiger partial charge >= 0.3 is 5.97 Å². The monoisotopic (exact) mass is 588 g/mol. The van der Waals surface area contributed by atoms with Gasteiger partial charge in [0.05, 0.1) is 5.69 Å². The smallest absolute Gasteiger partial charge is 0.325 e. The lowest BCUT2D eigenvalue weighted by atomic mass is 9.96. The highest BCUT2D eigenvalue weighted by atomic mass is 32.2. The summed E-state index contributed by atoms with van der Waals surface area (Å²) in [5.74, 6) is -0.873. The third-order valence-electron chi connectivity index (χ3n) is 6.46. The Balaban J connectivity index is 0.000000208. The van der Waals surface area contributed by atoms with E-state index in [2.05, 4.69) is 0 Å². The van der Waals surface area contributed by atoms with Gasteiger partial charge in [-0.05, 0) is 70.0 Å². The highest BCUT2D eigenvalue weighted by Crippen LogP contribution is 2.32. The first-order valence-electron chi connectivity index (χ1n) is 13.4. The number of benzene rings is 1. The van der Waals surface area contributed by atoms with Crippen LogP contribution in [0.5, 0.6) is 0 Å². The molecule has 5 rings (SSSR count). The van der Waals surface area contributed by atoms with Gasteiger partial charge in [-0.3, -0.25) is 29.0 Å². The zero-order valence-electron chi connectivity index (χ0n) is 23.5. The molecule has 2 aliphatic carbocycles. The molecule has 41 heavy (non-hydrogen) atoms. The van der Waals surface area contributed by atoms with Gasteiger partial charge in [0.2, 0.25) is 0 Å².